The van der Waals surface area contributed by atoms with Crippen LogP contribution < -0.4 is 16.0 Å². The van der Waals surface area contributed by atoms with Crippen LogP contribution in [0.4, 0.5) is 18.9 Å². The van der Waals surface area contributed by atoms with E-state index in [1.54, 1.807) is 12.1 Å². The zero-order chi connectivity index (χ0) is 29.6. The summed E-state index contributed by atoms with van der Waals surface area (Å²) in [5.41, 5.74) is 0.907. The average molecular weight is 593 g/mol. The van der Waals surface area contributed by atoms with Gasteiger partial charge in [0.05, 0.1) is 6.54 Å². The third-order valence-electron chi connectivity index (χ3n) is 6.74. The number of anilines is 1. The van der Waals surface area contributed by atoms with Crippen LogP contribution in [0.2, 0.25) is 5.02 Å². The first-order valence-corrected chi connectivity index (χ1v) is 13.3. The molecule has 1 aliphatic carbocycles. The number of aromatic nitrogens is 1. The molecule has 2 amide bonds. The van der Waals surface area contributed by atoms with Gasteiger partial charge in [0, 0.05) is 35.3 Å². The Morgan fingerprint density at radius 3 is 2.39 bits per heavy atom. The Bertz CT molecular complexity index is 1390. The predicted octanol–water partition coefficient (Wildman–Crippen LogP) is 5.47. The van der Waals surface area contributed by atoms with Gasteiger partial charge in [0.15, 0.2) is 5.69 Å². The molecule has 0 aliphatic heterocycles. The molecule has 41 heavy (non-hydrogen) atoms. The summed E-state index contributed by atoms with van der Waals surface area (Å²) in [6.45, 7) is -0.272. The van der Waals surface area contributed by atoms with E-state index in [-0.39, 0.29) is 36.1 Å². The Morgan fingerprint density at radius 2 is 1.76 bits per heavy atom. The molecular weight excluding hydrogens is 565 g/mol. The van der Waals surface area contributed by atoms with Crippen molar-refractivity contribution in [1.29, 1.82) is 0 Å². The van der Waals surface area contributed by atoms with Crippen LogP contribution in [0.5, 0.6) is 0 Å². The molecule has 0 unspecified atom stereocenters. The van der Waals surface area contributed by atoms with Crippen molar-refractivity contribution < 1.29 is 37.1 Å². The number of oxazole rings is 1. The van der Waals surface area contributed by atoms with Crippen LogP contribution >= 0.6 is 11.6 Å². The minimum Gasteiger partial charge on any atom is -0.480 e. The van der Waals surface area contributed by atoms with E-state index in [1.807, 2.05) is 12.1 Å². The third kappa shape index (κ3) is 8.30. The Morgan fingerprint density at radius 1 is 1.05 bits per heavy atom. The van der Waals surface area contributed by atoms with Gasteiger partial charge < -0.3 is 25.5 Å². The second-order valence-corrected chi connectivity index (χ2v) is 10.1. The van der Waals surface area contributed by atoms with E-state index in [4.69, 9.17) is 21.1 Å². The molecule has 1 aliphatic rings. The summed E-state index contributed by atoms with van der Waals surface area (Å²) >= 11 is 5.89. The zero-order valence-corrected chi connectivity index (χ0v) is 22.5. The normalized spacial score (nSPS) is 17.2. The highest BCUT2D eigenvalue weighted by Gasteiger charge is 2.42. The summed E-state index contributed by atoms with van der Waals surface area (Å²) in [4.78, 5) is 39.3. The molecule has 0 radical (unpaired) electrons. The lowest BCUT2D eigenvalue weighted by molar-refractivity contribution is -0.153. The molecule has 0 spiro atoms. The molecule has 9 nitrogen and oxygen atoms in total. The fraction of sp³-hybridized carbons (Fsp3) is 0.357. The first kappa shape index (κ1) is 30.1. The van der Waals surface area contributed by atoms with Crippen LogP contribution in [0.15, 0.2) is 52.9 Å². The Hall–Kier alpha value is -3.90. The van der Waals surface area contributed by atoms with E-state index < -0.39 is 41.3 Å². The summed E-state index contributed by atoms with van der Waals surface area (Å²) in [7, 11) is 0. The molecule has 0 bridgehead atoms. The number of carboxylic acids is 1. The summed E-state index contributed by atoms with van der Waals surface area (Å²) in [5.74, 6) is -4.04. The molecule has 1 aromatic heterocycles. The highest BCUT2D eigenvalue weighted by Crippen LogP contribution is 2.36. The van der Waals surface area contributed by atoms with Crippen LogP contribution in [0.1, 0.15) is 59.8 Å². The highest BCUT2D eigenvalue weighted by atomic mass is 35.5. The smallest absolute Gasteiger partial charge is 0.452 e. The summed E-state index contributed by atoms with van der Waals surface area (Å²) in [6.07, 6.45) is -1.54. The van der Waals surface area contributed by atoms with Crippen molar-refractivity contribution >= 4 is 35.1 Å². The number of carboxylic acid groups (broad SMARTS) is 1. The number of hydrogen-bond acceptors (Lipinski definition) is 6. The van der Waals surface area contributed by atoms with Gasteiger partial charge in [0.2, 0.25) is 17.6 Å². The van der Waals surface area contributed by atoms with Crippen LogP contribution in [0, 0.1) is 0 Å². The van der Waals surface area contributed by atoms with E-state index in [0.717, 1.165) is 31.2 Å². The molecule has 3 aromatic rings. The number of rotatable bonds is 10. The van der Waals surface area contributed by atoms with Crippen LogP contribution in [-0.2, 0) is 15.8 Å². The van der Waals surface area contributed by atoms with E-state index in [9.17, 15) is 27.6 Å². The number of nitrogens with zero attached hydrogens (tertiary/aromatic N) is 1. The Labute approximate surface area is 238 Å². The van der Waals surface area contributed by atoms with Crippen molar-refractivity contribution in [2.75, 3.05) is 18.4 Å². The number of carbonyl (C=O) groups is 3. The largest absolute Gasteiger partial charge is 0.480 e. The van der Waals surface area contributed by atoms with Gasteiger partial charge in [-0.2, -0.15) is 13.2 Å². The van der Waals surface area contributed by atoms with E-state index in [1.165, 1.54) is 24.3 Å². The average Bonchev–Trinajstić information content (AvgIpc) is 3.39. The van der Waals surface area contributed by atoms with Gasteiger partial charge >= 0.3 is 12.1 Å². The van der Waals surface area contributed by atoms with Gasteiger partial charge in [-0.1, -0.05) is 29.8 Å². The number of aliphatic carboxylic acids is 1. The number of hydrogen-bond donors (Lipinski definition) is 4. The standard InChI is InChI=1S/C28H28ClF3N4O5/c29-19-3-1-2-18(14-19)27-36-24(25(41-27)28(30,31)32)26(40)33-13-12-22(37)35-21-10-6-17(7-11-21)16-4-8-20(9-5-16)34-15-23(38)39/h1-3,6-7,10-11,14,16,20,34H,4-5,8-9,12-13,15H2,(H,33,40)(H,35,37)(H,38,39). The van der Waals surface area contributed by atoms with Crippen molar-refractivity contribution in [2.24, 2.45) is 0 Å². The van der Waals surface area contributed by atoms with E-state index in [2.05, 4.69) is 20.9 Å². The van der Waals surface area contributed by atoms with Gasteiger partial charge in [0.1, 0.15) is 0 Å². The number of nitrogens with one attached hydrogen (secondary N) is 3. The molecule has 0 atom stereocenters. The number of carbonyl (C=O) groups excluding carboxylic acids is 2. The van der Waals surface area contributed by atoms with Crippen LogP contribution in [-0.4, -0.2) is 47.0 Å². The minimum atomic E-state index is -4.96. The topological polar surface area (TPSA) is 134 Å². The third-order valence-corrected chi connectivity index (χ3v) is 6.98. The van der Waals surface area contributed by atoms with Gasteiger partial charge in [-0.15, -0.1) is 0 Å². The van der Waals surface area contributed by atoms with Gasteiger partial charge in [-0.25, -0.2) is 4.98 Å². The molecule has 1 fully saturated rings. The fourth-order valence-electron chi connectivity index (χ4n) is 4.71. The highest BCUT2D eigenvalue weighted by molar-refractivity contribution is 6.30. The van der Waals surface area contributed by atoms with Gasteiger partial charge in [-0.3, -0.25) is 14.4 Å². The molecule has 4 N–H and O–H groups in total. The second-order valence-electron chi connectivity index (χ2n) is 9.70. The molecule has 1 saturated carbocycles. The maximum atomic E-state index is 13.5. The quantitative estimate of drug-likeness (QED) is 0.245. The second kappa shape index (κ2) is 13.2. The van der Waals surface area contributed by atoms with Gasteiger partial charge in [0.25, 0.3) is 5.91 Å². The van der Waals surface area contributed by atoms with Crippen molar-refractivity contribution in [3.05, 3.63) is 70.6 Å². The summed E-state index contributed by atoms with van der Waals surface area (Å²) < 4.78 is 45.4. The summed E-state index contributed by atoms with van der Waals surface area (Å²) in [5, 5.41) is 17.1. The Kier molecular flexibility index (Phi) is 9.66. The molecule has 2 aromatic carbocycles. The number of amides is 2. The first-order chi connectivity index (χ1) is 19.5. The monoisotopic (exact) mass is 592 g/mol. The predicted molar refractivity (Wildman–Crippen MR) is 145 cm³/mol. The van der Waals surface area contributed by atoms with Crippen LogP contribution in [0.3, 0.4) is 0 Å². The first-order valence-electron chi connectivity index (χ1n) is 13.0. The maximum absolute atomic E-state index is 13.5. The lowest BCUT2D eigenvalue weighted by Crippen LogP contribution is -2.36. The minimum absolute atomic E-state index is 0.0485. The number of benzene rings is 2. The van der Waals surface area contributed by atoms with E-state index in [0.29, 0.717) is 11.6 Å². The summed E-state index contributed by atoms with van der Waals surface area (Å²) in [6, 6.07) is 13.4. The van der Waals surface area contributed by atoms with Crippen molar-refractivity contribution in [3.8, 4) is 11.5 Å². The molecule has 1 heterocycles. The lowest BCUT2D eigenvalue weighted by Gasteiger charge is -2.29. The van der Waals surface area contributed by atoms with Gasteiger partial charge in [-0.05, 0) is 67.5 Å². The van der Waals surface area contributed by atoms with Crippen molar-refractivity contribution in [1.82, 2.24) is 15.6 Å². The SMILES string of the molecule is O=C(O)CNC1CCC(c2ccc(NC(=O)CCNC(=O)c3nc(-c4cccc(Cl)c4)oc3C(F)(F)F)cc2)CC1. The molecular formula is C28H28ClF3N4O5. The Balaban J connectivity index is 1.27. The zero-order valence-electron chi connectivity index (χ0n) is 21.8. The van der Waals surface area contributed by atoms with E-state index >= 15 is 0 Å². The van der Waals surface area contributed by atoms with Crippen molar-refractivity contribution in [2.45, 2.75) is 50.2 Å². The molecule has 13 heteroatoms. The number of alkyl halides is 3. The molecule has 0 saturated heterocycles. The van der Waals surface area contributed by atoms with Crippen molar-refractivity contribution in [3.63, 3.8) is 0 Å². The maximum Gasteiger partial charge on any atom is 0.452 e. The fourth-order valence-corrected chi connectivity index (χ4v) is 4.90. The lowest BCUT2D eigenvalue weighted by atomic mass is 9.81. The molecule has 218 valence electrons. The molecule has 4 rings (SSSR count). The number of halogens is 4. The van der Waals surface area contributed by atoms with Crippen LogP contribution in [0.25, 0.3) is 11.5 Å².